The van der Waals surface area contributed by atoms with Crippen LogP contribution in [0.15, 0.2) is 29.2 Å². The van der Waals surface area contributed by atoms with Crippen LogP contribution < -0.4 is 0 Å². The maximum Gasteiger partial charge on any atom is 0.159 e. The van der Waals surface area contributed by atoms with Crippen LogP contribution in [0, 0.1) is 0 Å². The van der Waals surface area contributed by atoms with Gasteiger partial charge in [-0.1, -0.05) is 12.1 Å². The smallest absolute Gasteiger partial charge is 0.159 e. The normalized spacial score (nSPS) is 12.4. The maximum absolute atomic E-state index is 11.0. The Morgan fingerprint density at radius 1 is 1.44 bits per heavy atom. The SMILES string of the molecule is COCC(O)CSc1ccc(C(C)=O)cc1. The third-order valence-electron chi connectivity index (χ3n) is 2.06. The quantitative estimate of drug-likeness (QED) is 0.610. The number of thioether (sulfide) groups is 1. The van der Waals surface area contributed by atoms with Crippen LogP contribution in [-0.2, 0) is 4.74 Å². The van der Waals surface area contributed by atoms with Gasteiger partial charge in [0.2, 0.25) is 0 Å². The van der Waals surface area contributed by atoms with Gasteiger partial charge < -0.3 is 9.84 Å². The minimum Gasteiger partial charge on any atom is -0.390 e. The third kappa shape index (κ3) is 4.35. The van der Waals surface area contributed by atoms with E-state index < -0.39 is 6.10 Å². The predicted octanol–water partition coefficient (Wildman–Crippen LogP) is 1.99. The van der Waals surface area contributed by atoms with Crippen molar-refractivity contribution in [3.63, 3.8) is 0 Å². The molecule has 16 heavy (non-hydrogen) atoms. The van der Waals surface area contributed by atoms with Crippen molar-refractivity contribution in [3.05, 3.63) is 29.8 Å². The highest BCUT2D eigenvalue weighted by Crippen LogP contribution is 2.19. The Hall–Kier alpha value is -0.840. The van der Waals surface area contributed by atoms with Crippen LogP contribution in [0.4, 0.5) is 0 Å². The Morgan fingerprint density at radius 2 is 2.06 bits per heavy atom. The van der Waals surface area contributed by atoms with Crippen molar-refractivity contribution in [2.45, 2.75) is 17.9 Å². The summed E-state index contributed by atoms with van der Waals surface area (Å²) in [5, 5.41) is 9.45. The molecule has 0 amide bonds. The lowest BCUT2D eigenvalue weighted by Crippen LogP contribution is -2.16. The predicted molar refractivity (Wildman–Crippen MR) is 65.1 cm³/mol. The molecule has 1 atom stereocenters. The summed E-state index contributed by atoms with van der Waals surface area (Å²) in [7, 11) is 1.57. The molecule has 0 radical (unpaired) electrons. The minimum atomic E-state index is -0.456. The molecule has 1 aromatic rings. The number of ether oxygens (including phenoxy) is 1. The highest BCUT2D eigenvalue weighted by Gasteiger charge is 2.05. The molecule has 4 heteroatoms. The lowest BCUT2D eigenvalue weighted by molar-refractivity contribution is 0.0794. The lowest BCUT2D eigenvalue weighted by Gasteiger charge is -2.08. The number of hydrogen-bond donors (Lipinski definition) is 1. The van der Waals surface area contributed by atoms with E-state index in [1.54, 1.807) is 37.9 Å². The van der Waals surface area contributed by atoms with Crippen molar-refractivity contribution in [3.8, 4) is 0 Å². The first kappa shape index (κ1) is 13.2. The van der Waals surface area contributed by atoms with Crippen molar-refractivity contribution in [1.82, 2.24) is 0 Å². The number of aliphatic hydroxyl groups excluding tert-OH is 1. The van der Waals surface area contributed by atoms with Crippen LogP contribution >= 0.6 is 11.8 Å². The molecule has 0 spiro atoms. The molecule has 0 aliphatic rings. The van der Waals surface area contributed by atoms with Gasteiger partial charge in [-0.15, -0.1) is 11.8 Å². The highest BCUT2D eigenvalue weighted by molar-refractivity contribution is 7.99. The number of Topliss-reactive ketones (excluding diaryl/α,β-unsaturated/α-hetero) is 1. The Kier molecular flexibility index (Phi) is 5.52. The molecule has 0 saturated heterocycles. The summed E-state index contributed by atoms with van der Waals surface area (Å²) >= 11 is 1.55. The Bertz CT molecular complexity index is 335. The average Bonchev–Trinajstić information content (AvgIpc) is 2.27. The van der Waals surface area contributed by atoms with Gasteiger partial charge in [-0.25, -0.2) is 0 Å². The molecular formula is C12H16O3S. The van der Waals surface area contributed by atoms with Gasteiger partial charge in [-0.05, 0) is 19.1 Å². The van der Waals surface area contributed by atoms with E-state index in [-0.39, 0.29) is 5.78 Å². The fourth-order valence-corrected chi connectivity index (χ4v) is 2.03. The second-order valence-corrected chi connectivity index (χ2v) is 4.59. The summed E-state index contributed by atoms with van der Waals surface area (Å²) in [6, 6.07) is 7.38. The summed E-state index contributed by atoms with van der Waals surface area (Å²) in [6.07, 6.45) is -0.456. The number of carbonyl (C=O) groups is 1. The van der Waals surface area contributed by atoms with Crippen LogP contribution in [0.25, 0.3) is 0 Å². The second kappa shape index (κ2) is 6.68. The van der Waals surface area contributed by atoms with Gasteiger partial charge >= 0.3 is 0 Å². The molecule has 0 fully saturated rings. The molecule has 0 bridgehead atoms. The van der Waals surface area contributed by atoms with Crippen LogP contribution in [0.3, 0.4) is 0 Å². The molecule has 3 nitrogen and oxygen atoms in total. The van der Waals surface area contributed by atoms with Crippen molar-refractivity contribution < 1.29 is 14.6 Å². The summed E-state index contributed by atoms with van der Waals surface area (Å²) in [5.41, 5.74) is 0.710. The molecule has 0 heterocycles. The molecule has 88 valence electrons. The molecule has 0 aliphatic carbocycles. The summed E-state index contributed by atoms with van der Waals surface area (Å²) < 4.78 is 4.83. The Morgan fingerprint density at radius 3 is 2.56 bits per heavy atom. The number of carbonyl (C=O) groups excluding carboxylic acids is 1. The monoisotopic (exact) mass is 240 g/mol. The first-order valence-electron chi connectivity index (χ1n) is 5.04. The van der Waals surface area contributed by atoms with Gasteiger partial charge in [0, 0.05) is 23.3 Å². The van der Waals surface area contributed by atoms with Crippen molar-refractivity contribution >= 4 is 17.5 Å². The molecule has 1 unspecified atom stereocenters. The van der Waals surface area contributed by atoms with Crippen LogP contribution in [0.2, 0.25) is 0 Å². The van der Waals surface area contributed by atoms with E-state index in [1.807, 2.05) is 12.1 Å². The fourth-order valence-electron chi connectivity index (χ4n) is 1.22. The topological polar surface area (TPSA) is 46.5 Å². The Labute approximate surface area is 99.8 Å². The number of methoxy groups -OCH3 is 1. The molecule has 0 aliphatic heterocycles. The zero-order valence-electron chi connectivity index (χ0n) is 9.47. The van der Waals surface area contributed by atoms with Crippen molar-refractivity contribution in [1.29, 1.82) is 0 Å². The molecule has 0 saturated carbocycles. The third-order valence-corrected chi connectivity index (χ3v) is 3.22. The first-order valence-corrected chi connectivity index (χ1v) is 6.03. The van der Waals surface area contributed by atoms with Gasteiger partial charge in [0.1, 0.15) is 0 Å². The molecular weight excluding hydrogens is 224 g/mol. The molecule has 1 aromatic carbocycles. The lowest BCUT2D eigenvalue weighted by atomic mass is 10.2. The van der Waals surface area contributed by atoms with Crippen molar-refractivity contribution in [2.75, 3.05) is 19.5 Å². The Balaban J connectivity index is 2.46. The van der Waals surface area contributed by atoms with E-state index in [4.69, 9.17) is 4.74 Å². The zero-order valence-corrected chi connectivity index (χ0v) is 10.3. The van der Waals surface area contributed by atoms with Crippen LogP contribution in [0.1, 0.15) is 17.3 Å². The number of rotatable bonds is 6. The summed E-state index contributed by atoms with van der Waals surface area (Å²) in [5.74, 6) is 0.656. The van der Waals surface area contributed by atoms with Gasteiger partial charge in [0.05, 0.1) is 12.7 Å². The van der Waals surface area contributed by atoms with E-state index in [0.29, 0.717) is 17.9 Å². The number of benzene rings is 1. The van der Waals surface area contributed by atoms with E-state index in [9.17, 15) is 9.90 Å². The first-order chi connectivity index (χ1) is 7.63. The molecule has 1 rings (SSSR count). The van der Waals surface area contributed by atoms with E-state index in [2.05, 4.69) is 0 Å². The standard InChI is InChI=1S/C12H16O3S/c1-9(13)10-3-5-12(6-4-10)16-8-11(14)7-15-2/h3-6,11,14H,7-8H2,1-2H3. The number of hydrogen-bond acceptors (Lipinski definition) is 4. The molecule has 1 N–H and O–H groups in total. The fraction of sp³-hybridized carbons (Fsp3) is 0.417. The largest absolute Gasteiger partial charge is 0.390 e. The van der Waals surface area contributed by atoms with E-state index in [0.717, 1.165) is 4.90 Å². The van der Waals surface area contributed by atoms with Gasteiger partial charge in [-0.3, -0.25) is 4.79 Å². The van der Waals surface area contributed by atoms with Crippen molar-refractivity contribution in [2.24, 2.45) is 0 Å². The maximum atomic E-state index is 11.0. The molecule has 0 aromatic heterocycles. The minimum absolute atomic E-state index is 0.0657. The second-order valence-electron chi connectivity index (χ2n) is 3.50. The number of aliphatic hydroxyl groups is 1. The zero-order chi connectivity index (χ0) is 12.0. The van der Waals surface area contributed by atoms with Crippen LogP contribution in [-0.4, -0.2) is 36.5 Å². The highest BCUT2D eigenvalue weighted by atomic mass is 32.2. The van der Waals surface area contributed by atoms with E-state index >= 15 is 0 Å². The summed E-state index contributed by atoms with van der Waals surface area (Å²) in [4.78, 5) is 12.1. The van der Waals surface area contributed by atoms with Gasteiger partial charge in [-0.2, -0.15) is 0 Å². The van der Waals surface area contributed by atoms with E-state index in [1.165, 1.54) is 0 Å². The van der Waals surface area contributed by atoms with Gasteiger partial charge in [0.15, 0.2) is 5.78 Å². The summed E-state index contributed by atoms with van der Waals surface area (Å²) in [6.45, 7) is 1.89. The average molecular weight is 240 g/mol. The van der Waals surface area contributed by atoms with Gasteiger partial charge in [0.25, 0.3) is 0 Å². The van der Waals surface area contributed by atoms with Crippen LogP contribution in [0.5, 0.6) is 0 Å². The number of ketones is 1.